The van der Waals surface area contributed by atoms with Crippen LogP contribution in [0.4, 0.5) is 15.8 Å². The number of ether oxygens (including phenoxy) is 1. The van der Waals surface area contributed by atoms with E-state index in [9.17, 15) is 9.18 Å². The Kier molecular flexibility index (Phi) is 3.17. The SMILES string of the molecule is CCCN1CC(=O)Nc2cc(F)c(OC)cc21. The highest BCUT2D eigenvalue weighted by Crippen LogP contribution is 2.35. The Morgan fingerprint density at radius 1 is 1.53 bits per heavy atom. The number of fused-ring (bicyclic) bond motifs is 1. The van der Waals surface area contributed by atoms with Gasteiger partial charge in [0.05, 0.1) is 25.0 Å². The first kappa shape index (κ1) is 11.7. The lowest BCUT2D eigenvalue weighted by atomic mass is 10.1. The molecule has 1 aromatic rings. The van der Waals surface area contributed by atoms with Crippen LogP contribution >= 0.6 is 0 Å². The third-order valence-corrected chi connectivity index (χ3v) is 2.71. The second-order valence-electron chi connectivity index (χ2n) is 3.97. The number of hydrogen-bond donors (Lipinski definition) is 1. The van der Waals surface area contributed by atoms with E-state index >= 15 is 0 Å². The molecule has 0 bridgehead atoms. The number of benzene rings is 1. The minimum atomic E-state index is -0.468. The molecule has 1 aliphatic heterocycles. The van der Waals surface area contributed by atoms with Gasteiger partial charge in [-0.1, -0.05) is 6.92 Å². The number of nitrogens with one attached hydrogen (secondary N) is 1. The summed E-state index contributed by atoms with van der Waals surface area (Å²) < 4.78 is 18.5. The van der Waals surface area contributed by atoms with E-state index in [0.29, 0.717) is 12.2 Å². The Bertz CT molecular complexity index is 448. The molecule has 0 saturated carbocycles. The standard InChI is InChI=1S/C12H15FN2O2/c1-3-4-15-7-12(16)14-9-5-8(13)11(17-2)6-10(9)15/h5-6H,3-4,7H2,1-2H3,(H,14,16). The lowest BCUT2D eigenvalue weighted by Crippen LogP contribution is -2.38. The number of hydrogen-bond acceptors (Lipinski definition) is 3. The van der Waals surface area contributed by atoms with E-state index < -0.39 is 5.82 Å². The van der Waals surface area contributed by atoms with Gasteiger partial charge in [-0.2, -0.15) is 0 Å². The quantitative estimate of drug-likeness (QED) is 0.875. The van der Waals surface area contributed by atoms with Crippen LogP contribution in [0.1, 0.15) is 13.3 Å². The lowest BCUT2D eigenvalue weighted by Gasteiger charge is -2.31. The third kappa shape index (κ3) is 2.18. The average molecular weight is 238 g/mol. The van der Waals surface area contributed by atoms with Gasteiger partial charge in [0.15, 0.2) is 11.6 Å². The lowest BCUT2D eigenvalue weighted by molar-refractivity contribution is -0.115. The normalized spacial score (nSPS) is 14.3. The second kappa shape index (κ2) is 4.61. The fourth-order valence-corrected chi connectivity index (χ4v) is 1.98. The first-order chi connectivity index (χ1) is 8.15. The Morgan fingerprint density at radius 3 is 2.94 bits per heavy atom. The molecular weight excluding hydrogens is 223 g/mol. The largest absolute Gasteiger partial charge is 0.494 e. The number of carbonyl (C=O) groups is 1. The Balaban J connectivity index is 2.44. The van der Waals surface area contributed by atoms with E-state index in [1.54, 1.807) is 6.07 Å². The van der Waals surface area contributed by atoms with Crippen molar-refractivity contribution in [2.45, 2.75) is 13.3 Å². The van der Waals surface area contributed by atoms with Crippen LogP contribution in [0.5, 0.6) is 5.75 Å². The van der Waals surface area contributed by atoms with Crippen LogP contribution in [0.3, 0.4) is 0 Å². The minimum absolute atomic E-state index is 0.115. The van der Waals surface area contributed by atoms with Gasteiger partial charge in [-0.05, 0) is 6.42 Å². The molecular formula is C12H15FN2O2. The van der Waals surface area contributed by atoms with Gasteiger partial charge in [-0.25, -0.2) is 4.39 Å². The topological polar surface area (TPSA) is 41.6 Å². The fourth-order valence-electron chi connectivity index (χ4n) is 1.98. The van der Waals surface area contributed by atoms with Crippen molar-refractivity contribution in [3.8, 4) is 5.75 Å². The molecule has 1 aromatic carbocycles. The molecule has 0 aromatic heterocycles. The van der Waals surface area contributed by atoms with Gasteiger partial charge < -0.3 is 15.0 Å². The molecule has 0 spiro atoms. The van der Waals surface area contributed by atoms with Crippen molar-refractivity contribution in [1.82, 2.24) is 0 Å². The highest BCUT2D eigenvalue weighted by molar-refractivity contribution is 6.01. The van der Waals surface area contributed by atoms with Crippen molar-refractivity contribution in [2.75, 3.05) is 30.4 Å². The Labute approximate surface area is 99.4 Å². The highest BCUT2D eigenvalue weighted by atomic mass is 19.1. The summed E-state index contributed by atoms with van der Waals surface area (Å²) >= 11 is 0. The third-order valence-electron chi connectivity index (χ3n) is 2.71. The van der Waals surface area contributed by atoms with Crippen molar-refractivity contribution in [1.29, 1.82) is 0 Å². The van der Waals surface area contributed by atoms with Gasteiger partial charge in [-0.3, -0.25) is 4.79 Å². The molecule has 5 heteroatoms. The molecule has 1 heterocycles. The van der Waals surface area contributed by atoms with Gasteiger partial charge in [0.1, 0.15) is 0 Å². The molecule has 2 rings (SSSR count). The molecule has 1 amide bonds. The van der Waals surface area contributed by atoms with Crippen molar-refractivity contribution in [2.24, 2.45) is 0 Å². The Morgan fingerprint density at radius 2 is 2.29 bits per heavy atom. The maximum Gasteiger partial charge on any atom is 0.243 e. The molecule has 1 N–H and O–H groups in total. The maximum absolute atomic E-state index is 13.5. The average Bonchev–Trinajstić information content (AvgIpc) is 2.28. The van der Waals surface area contributed by atoms with Crippen LogP contribution in [0.2, 0.25) is 0 Å². The maximum atomic E-state index is 13.5. The summed E-state index contributed by atoms with van der Waals surface area (Å²) in [7, 11) is 1.43. The number of nitrogens with zero attached hydrogens (tertiary/aromatic N) is 1. The van der Waals surface area contributed by atoms with Crippen LogP contribution in [0.25, 0.3) is 0 Å². The number of rotatable bonds is 3. The summed E-state index contributed by atoms with van der Waals surface area (Å²) in [5, 5.41) is 2.66. The van der Waals surface area contributed by atoms with Crippen LogP contribution < -0.4 is 15.0 Å². The van der Waals surface area contributed by atoms with Crippen molar-refractivity contribution in [3.05, 3.63) is 17.9 Å². The van der Waals surface area contributed by atoms with Crippen LogP contribution in [0, 0.1) is 5.82 Å². The predicted octanol–water partition coefficient (Wildman–Crippen LogP) is 2.00. The summed E-state index contributed by atoms with van der Waals surface area (Å²) in [6, 6.07) is 2.92. The van der Waals surface area contributed by atoms with Gasteiger partial charge in [-0.15, -0.1) is 0 Å². The second-order valence-corrected chi connectivity index (χ2v) is 3.97. The summed E-state index contributed by atoms with van der Waals surface area (Å²) in [5.74, 6) is -0.388. The molecule has 0 aliphatic carbocycles. The number of methoxy groups -OCH3 is 1. The molecule has 0 unspecified atom stereocenters. The van der Waals surface area contributed by atoms with Gasteiger partial charge in [0, 0.05) is 18.7 Å². The van der Waals surface area contributed by atoms with Crippen molar-refractivity contribution in [3.63, 3.8) is 0 Å². The van der Waals surface area contributed by atoms with E-state index in [4.69, 9.17) is 4.74 Å². The fraction of sp³-hybridized carbons (Fsp3) is 0.417. The van der Waals surface area contributed by atoms with Crippen LogP contribution in [-0.4, -0.2) is 26.1 Å². The van der Waals surface area contributed by atoms with Crippen LogP contribution in [0.15, 0.2) is 12.1 Å². The molecule has 0 saturated heterocycles. The molecule has 0 radical (unpaired) electrons. The van der Waals surface area contributed by atoms with Crippen molar-refractivity contribution < 1.29 is 13.9 Å². The van der Waals surface area contributed by atoms with Crippen molar-refractivity contribution >= 4 is 17.3 Å². The number of carbonyl (C=O) groups excluding carboxylic acids is 1. The van der Waals surface area contributed by atoms with E-state index in [1.165, 1.54) is 13.2 Å². The first-order valence-corrected chi connectivity index (χ1v) is 5.58. The van der Waals surface area contributed by atoms with Gasteiger partial charge in [0.2, 0.25) is 5.91 Å². The number of anilines is 2. The Hall–Kier alpha value is -1.78. The highest BCUT2D eigenvalue weighted by Gasteiger charge is 2.23. The first-order valence-electron chi connectivity index (χ1n) is 5.58. The summed E-state index contributed by atoms with van der Waals surface area (Å²) in [4.78, 5) is 13.4. The van der Waals surface area contributed by atoms with E-state index in [1.807, 2.05) is 11.8 Å². The summed E-state index contributed by atoms with van der Waals surface area (Å²) in [6.45, 7) is 3.10. The van der Waals surface area contributed by atoms with E-state index in [2.05, 4.69) is 5.32 Å². The monoisotopic (exact) mass is 238 g/mol. The molecule has 17 heavy (non-hydrogen) atoms. The van der Waals surface area contributed by atoms with Crippen LogP contribution in [-0.2, 0) is 4.79 Å². The van der Waals surface area contributed by atoms with E-state index in [0.717, 1.165) is 18.7 Å². The van der Waals surface area contributed by atoms with Gasteiger partial charge in [0.25, 0.3) is 0 Å². The molecule has 0 atom stereocenters. The molecule has 1 aliphatic rings. The molecule has 92 valence electrons. The number of amides is 1. The minimum Gasteiger partial charge on any atom is -0.494 e. The summed E-state index contributed by atoms with van der Waals surface area (Å²) in [5.41, 5.74) is 1.32. The molecule has 0 fully saturated rings. The molecule has 4 nitrogen and oxygen atoms in total. The predicted molar refractivity (Wildman–Crippen MR) is 64.1 cm³/mol. The smallest absolute Gasteiger partial charge is 0.243 e. The summed E-state index contributed by atoms with van der Waals surface area (Å²) in [6.07, 6.45) is 0.923. The zero-order chi connectivity index (χ0) is 12.4. The zero-order valence-electron chi connectivity index (χ0n) is 9.92. The van der Waals surface area contributed by atoms with E-state index in [-0.39, 0.29) is 11.7 Å². The van der Waals surface area contributed by atoms with Gasteiger partial charge >= 0.3 is 0 Å². The number of halogens is 1. The zero-order valence-corrected chi connectivity index (χ0v) is 9.92.